The smallest absolute Gasteiger partial charge is 0.134 e. The monoisotopic (exact) mass is 261 g/mol. The lowest BCUT2D eigenvalue weighted by molar-refractivity contribution is 0.259. The van der Waals surface area contributed by atoms with E-state index < -0.39 is 0 Å². The molecule has 2 rings (SSSR count). The number of para-hydroxylation sites is 1. The molecule has 0 aliphatic heterocycles. The molecule has 0 radical (unpaired) electrons. The molecule has 0 aliphatic carbocycles. The standard InChI is InChI=1S/C15H23N3O/c1-17(2)8-9-18(3)11-15-13(10-16)12-6-4-5-7-14(12)19-15/h4-7H,8-11,16H2,1-3H3. The van der Waals surface area contributed by atoms with Gasteiger partial charge < -0.3 is 15.1 Å². The molecule has 19 heavy (non-hydrogen) atoms. The van der Waals surface area contributed by atoms with Gasteiger partial charge in [-0.3, -0.25) is 4.90 Å². The lowest BCUT2D eigenvalue weighted by Gasteiger charge is -2.18. The van der Waals surface area contributed by atoms with Crippen LogP contribution in [0.2, 0.25) is 0 Å². The highest BCUT2D eigenvalue weighted by atomic mass is 16.3. The van der Waals surface area contributed by atoms with Gasteiger partial charge in [0.05, 0.1) is 6.54 Å². The molecule has 0 amide bonds. The fourth-order valence-electron chi connectivity index (χ4n) is 2.20. The van der Waals surface area contributed by atoms with Gasteiger partial charge in [0.25, 0.3) is 0 Å². The molecule has 2 aromatic rings. The molecular weight excluding hydrogens is 238 g/mol. The van der Waals surface area contributed by atoms with E-state index >= 15 is 0 Å². The van der Waals surface area contributed by atoms with Gasteiger partial charge in [-0.05, 0) is 27.2 Å². The highest BCUT2D eigenvalue weighted by molar-refractivity contribution is 5.82. The summed E-state index contributed by atoms with van der Waals surface area (Å²) in [6.45, 7) is 3.37. The Kier molecular flexibility index (Phi) is 4.58. The first-order chi connectivity index (χ1) is 9.11. The highest BCUT2D eigenvalue weighted by Crippen LogP contribution is 2.26. The average Bonchev–Trinajstić information content (AvgIpc) is 2.73. The molecule has 0 saturated carbocycles. The van der Waals surface area contributed by atoms with Crippen molar-refractivity contribution in [1.29, 1.82) is 0 Å². The molecule has 1 heterocycles. The maximum atomic E-state index is 5.93. The molecule has 0 fully saturated rings. The quantitative estimate of drug-likeness (QED) is 0.862. The Morgan fingerprint density at radius 3 is 2.53 bits per heavy atom. The predicted molar refractivity (Wildman–Crippen MR) is 79.0 cm³/mol. The van der Waals surface area contributed by atoms with E-state index in [2.05, 4.69) is 37.0 Å². The number of likely N-dealkylation sites (N-methyl/N-ethyl adjacent to an activating group) is 2. The zero-order chi connectivity index (χ0) is 13.8. The van der Waals surface area contributed by atoms with Crippen molar-refractivity contribution in [3.63, 3.8) is 0 Å². The minimum atomic E-state index is 0.522. The molecule has 4 nitrogen and oxygen atoms in total. The number of benzene rings is 1. The van der Waals surface area contributed by atoms with Crippen LogP contribution < -0.4 is 5.73 Å². The average molecular weight is 261 g/mol. The second-order valence-corrected chi connectivity index (χ2v) is 5.25. The topological polar surface area (TPSA) is 45.6 Å². The zero-order valence-electron chi connectivity index (χ0n) is 12.0. The Bertz CT molecular complexity index is 533. The first-order valence-electron chi connectivity index (χ1n) is 6.64. The van der Waals surface area contributed by atoms with Gasteiger partial charge in [-0.15, -0.1) is 0 Å². The van der Waals surface area contributed by atoms with E-state index in [9.17, 15) is 0 Å². The summed E-state index contributed by atoms with van der Waals surface area (Å²) >= 11 is 0. The van der Waals surface area contributed by atoms with Gasteiger partial charge in [0.15, 0.2) is 0 Å². The number of fused-ring (bicyclic) bond motifs is 1. The van der Waals surface area contributed by atoms with Crippen LogP contribution in [-0.2, 0) is 13.1 Å². The summed E-state index contributed by atoms with van der Waals surface area (Å²) < 4.78 is 5.93. The van der Waals surface area contributed by atoms with Crippen molar-refractivity contribution >= 4 is 11.0 Å². The molecule has 0 aliphatic rings. The summed E-state index contributed by atoms with van der Waals surface area (Å²) in [7, 11) is 6.28. The maximum Gasteiger partial charge on any atom is 0.134 e. The Balaban J connectivity index is 2.15. The molecule has 4 heteroatoms. The van der Waals surface area contributed by atoms with Crippen molar-refractivity contribution < 1.29 is 4.42 Å². The summed E-state index contributed by atoms with van der Waals surface area (Å²) in [5.41, 5.74) is 7.93. The van der Waals surface area contributed by atoms with Crippen LogP contribution in [0.15, 0.2) is 28.7 Å². The summed E-state index contributed by atoms with van der Waals surface area (Å²) in [6.07, 6.45) is 0. The number of hydrogen-bond donors (Lipinski definition) is 1. The Morgan fingerprint density at radius 1 is 1.11 bits per heavy atom. The third-order valence-electron chi connectivity index (χ3n) is 3.33. The van der Waals surface area contributed by atoms with Crippen LogP contribution in [0, 0.1) is 0 Å². The third kappa shape index (κ3) is 3.35. The molecule has 0 spiro atoms. The fraction of sp³-hybridized carbons (Fsp3) is 0.467. The van der Waals surface area contributed by atoms with Crippen LogP contribution in [0.25, 0.3) is 11.0 Å². The van der Waals surface area contributed by atoms with Gasteiger partial charge in [-0.2, -0.15) is 0 Å². The first kappa shape index (κ1) is 14.1. The normalized spacial score (nSPS) is 11.9. The van der Waals surface area contributed by atoms with Gasteiger partial charge in [-0.1, -0.05) is 18.2 Å². The van der Waals surface area contributed by atoms with Crippen molar-refractivity contribution in [3.8, 4) is 0 Å². The summed E-state index contributed by atoms with van der Waals surface area (Å²) in [5, 5.41) is 1.14. The second kappa shape index (κ2) is 6.19. The molecule has 0 bridgehead atoms. The van der Waals surface area contributed by atoms with E-state index in [0.717, 1.165) is 41.9 Å². The Hall–Kier alpha value is -1.36. The van der Waals surface area contributed by atoms with Gasteiger partial charge in [0.2, 0.25) is 0 Å². The van der Waals surface area contributed by atoms with Crippen molar-refractivity contribution in [2.45, 2.75) is 13.1 Å². The predicted octanol–water partition coefficient (Wildman–Crippen LogP) is 1.88. The van der Waals surface area contributed by atoms with Crippen LogP contribution in [0.3, 0.4) is 0 Å². The molecule has 0 saturated heterocycles. The van der Waals surface area contributed by atoms with Crippen molar-refractivity contribution in [3.05, 3.63) is 35.6 Å². The number of nitrogens with zero attached hydrogens (tertiary/aromatic N) is 2. The van der Waals surface area contributed by atoms with Crippen LogP contribution in [0.1, 0.15) is 11.3 Å². The summed E-state index contributed by atoms with van der Waals surface area (Å²) in [4.78, 5) is 4.44. The molecule has 2 N–H and O–H groups in total. The Morgan fingerprint density at radius 2 is 1.84 bits per heavy atom. The van der Waals surface area contributed by atoms with Gasteiger partial charge >= 0.3 is 0 Å². The first-order valence-corrected chi connectivity index (χ1v) is 6.64. The van der Waals surface area contributed by atoms with E-state index in [-0.39, 0.29) is 0 Å². The van der Waals surface area contributed by atoms with Crippen molar-refractivity contribution in [2.75, 3.05) is 34.2 Å². The van der Waals surface area contributed by atoms with Gasteiger partial charge in [0, 0.05) is 30.6 Å². The van der Waals surface area contributed by atoms with Crippen LogP contribution in [0.5, 0.6) is 0 Å². The highest BCUT2D eigenvalue weighted by Gasteiger charge is 2.14. The third-order valence-corrected chi connectivity index (χ3v) is 3.33. The minimum absolute atomic E-state index is 0.522. The van der Waals surface area contributed by atoms with Crippen LogP contribution >= 0.6 is 0 Å². The number of rotatable bonds is 6. The molecule has 1 aromatic carbocycles. The lowest BCUT2D eigenvalue weighted by atomic mass is 10.1. The molecule has 104 valence electrons. The molecule has 0 atom stereocenters. The zero-order valence-corrected chi connectivity index (χ0v) is 12.0. The number of hydrogen-bond acceptors (Lipinski definition) is 4. The van der Waals surface area contributed by atoms with E-state index in [1.54, 1.807) is 0 Å². The number of nitrogens with two attached hydrogens (primary N) is 1. The summed E-state index contributed by atoms with van der Waals surface area (Å²) in [5.74, 6) is 0.991. The molecule has 1 aromatic heterocycles. The van der Waals surface area contributed by atoms with Crippen molar-refractivity contribution in [1.82, 2.24) is 9.80 Å². The maximum absolute atomic E-state index is 5.93. The SMILES string of the molecule is CN(C)CCN(C)Cc1oc2ccccc2c1CN. The molecular formula is C15H23N3O. The van der Waals surface area contributed by atoms with Crippen molar-refractivity contribution in [2.24, 2.45) is 5.73 Å². The Labute approximate surface area is 114 Å². The van der Waals surface area contributed by atoms with E-state index in [1.807, 2.05) is 18.2 Å². The van der Waals surface area contributed by atoms with E-state index in [1.165, 1.54) is 0 Å². The minimum Gasteiger partial charge on any atom is -0.459 e. The van der Waals surface area contributed by atoms with Gasteiger partial charge in [-0.25, -0.2) is 0 Å². The lowest BCUT2D eigenvalue weighted by Crippen LogP contribution is -2.28. The van der Waals surface area contributed by atoms with E-state index in [0.29, 0.717) is 6.54 Å². The van der Waals surface area contributed by atoms with Gasteiger partial charge in [0.1, 0.15) is 11.3 Å². The fourth-order valence-corrected chi connectivity index (χ4v) is 2.20. The van der Waals surface area contributed by atoms with Crippen LogP contribution in [0.4, 0.5) is 0 Å². The van der Waals surface area contributed by atoms with Crippen LogP contribution in [-0.4, -0.2) is 44.0 Å². The molecule has 0 unspecified atom stereocenters. The summed E-state index contributed by atoms with van der Waals surface area (Å²) in [6, 6.07) is 8.09. The van der Waals surface area contributed by atoms with E-state index in [4.69, 9.17) is 10.2 Å². The largest absolute Gasteiger partial charge is 0.459 e. The second-order valence-electron chi connectivity index (χ2n) is 5.25. The number of furan rings is 1.